The van der Waals surface area contributed by atoms with E-state index in [4.69, 9.17) is 0 Å². The number of carbonyl (C=O) groups is 1. The third-order valence-corrected chi connectivity index (χ3v) is 2.28. The normalized spacial score (nSPS) is 33.8. The molecule has 0 amide bonds. The van der Waals surface area contributed by atoms with Gasteiger partial charge in [0.2, 0.25) is 0 Å². The lowest BCUT2D eigenvalue weighted by atomic mass is 9.89. The number of piperidine rings is 1. The van der Waals surface area contributed by atoms with E-state index in [2.05, 4.69) is 12.2 Å². The summed E-state index contributed by atoms with van der Waals surface area (Å²) in [5.41, 5.74) is 0. The molecule has 1 aliphatic rings. The van der Waals surface area contributed by atoms with Crippen molar-refractivity contribution in [1.82, 2.24) is 5.32 Å². The number of hydrogen-bond donors (Lipinski definition) is 1. The summed E-state index contributed by atoms with van der Waals surface area (Å²) in [5, 5.41) is 3.29. The van der Waals surface area contributed by atoms with Crippen LogP contribution in [0.1, 0.15) is 26.7 Å². The van der Waals surface area contributed by atoms with Crippen LogP contribution in [0.5, 0.6) is 0 Å². The molecule has 0 saturated carbocycles. The molecule has 0 aromatic heterocycles. The van der Waals surface area contributed by atoms with Crippen molar-refractivity contribution in [3.8, 4) is 0 Å². The van der Waals surface area contributed by atoms with E-state index < -0.39 is 0 Å². The molecule has 0 aliphatic carbocycles. The predicted molar refractivity (Wildman–Crippen MR) is 40.9 cm³/mol. The van der Waals surface area contributed by atoms with Crippen LogP contribution in [0.15, 0.2) is 0 Å². The lowest BCUT2D eigenvalue weighted by Crippen LogP contribution is -2.41. The summed E-state index contributed by atoms with van der Waals surface area (Å²) in [5.74, 6) is 0.605. The van der Waals surface area contributed by atoms with Gasteiger partial charge < -0.3 is 5.32 Å². The van der Waals surface area contributed by atoms with Crippen LogP contribution in [0.2, 0.25) is 0 Å². The van der Waals surface area contributed by atoms with Crippen LogP contribution in [-0.4, -0.2) is 18.4 Å². The van der Waals surface area contributed by atoms with E-state index in [-0.39, 0.29) is 5.92 Å². The Labute approximate surface area is 62.0 Å². The first-order chi connectivity index (χ1) is 4.72. The monoisotopic (exact) mass is 141 g/mol. The zero-order valence-electron chi connectivity index (χ0n) is 6.68. The van der Waals surface area contributed by atoms with Gasteiger partial charge in [0.15, 0.2) is 0 Å². The molecule has 10 heavy (non-hydrogen) atoms. The standard InChI is InChI=1S/C8H15NO/c1-6-8(7(2)10)4-3-5-9-6/h6,8-9H,3-5H2,1-2H3/t6-,8-/m1/s1. The molecule has 2 atom stereocenters. The molecule has 0 bridgehead atoms. The van der Waals surface area contributed by atoms with Crippen LogP contribution in [-0.2, 0) is 4.79 Å². The second-order valence-corrected chi connectivity index (χ2v) is 3.10. The van der Waals surface area contributed by atoms with Crippen molar-refractivity contribution in [3.63, 3.8) is 0 Å². The molecule has 0 spiro atoms. The molecule has 1 N–H and O–H groups in total. The lowest BCUT2D eigenvalue weighted by Gasteiger charge is -2.27. The molecule has 0 aromatic rings. The van der Waals surface area contributed by atoms with Crippen LogP contribution < -0.4 is 5.32 Å². The van der Waals surface area contributed by atoms with Crippen molar-refractivity contribution >= 4 is 5.78 Å². The predicted octanol–water partition coefficient (Wildman–Crippen LogP) is 0.964. The Kier molecular flexibility index (Phi) is 2.44. The highest BCUT2D eigenvalue weighted by Crippen LogP contribution is 2.16. The smallest absolute Gasteiger partial charge is 0.134 e. The first kappa shape index (κ1) is 7.73. The van der Waals surface area contributed by atoms with E-state index in [1.165, 1.54) is 0 Å². The summed E-state index contributed by atoms with van der Waals surface area (Å²) < 4.78 is 0. The van der Waals surface area contributed by atoms with E-state index in [1.807, 2.05) is 0 Å². The second kappa shape index (κ2) is 3.15. The molecule has 1 heterocycles. The Morgan fingerprint density at radius 3 is 2.70 bits per heavy atom. The van der Waals surface area contributed by atoms with E-state index in [0.29, 0.717) is 11.8 Å². The number of Topliss-reactive ketones (excluding diaryl/α,β-unsaturated/α-hetero) is 1. The average Bonchev–Trinajstić information content (AvgIpc) is 1.88. The van der Waals surface area contributed by atoms with E-state index in [0.717, 1.165) is 19.4 Å². The van der Waals surface area contributed by atoms with E-state index in [9.17, 15) is 4.79 Å². The average molecular weight is 141 g/mol. The highest BCUT2D eigenvalue weighted by atomic mass is 16.1. The summed E-state index contributed by atoms with van der Waals surface area (Å²) in [6, 6.07) is 0.395. The second-order valence-electron chi connectivity index (χ2n) is 3.10. The number of nitrogens with one attached hydrogen (secondary N) is 1. The number of rotatable bonds is 1. The maximum atomic E-state index is 11.0. The maximum absolute atomic E-state index is 11.0. The zero-order chi connectivity index (χ0) is 7.56. The molecule has 1 aliphatic heterocycles. The number of carbonyl (C=O) groups excluding carboxylic acids is 1. The van der Waals surface area contributed by atoms with E-state index >= 15 is 0 Å². The molecule has 58 valence electrons. The fourth-order valence-corrected chi connectivity index (χ4v) is 1.60. The molecule has 2 heteroatoms. The zero-order valence-corrected chi connectivity index (χ0v) is 6.68. The Morgan fingerprint density at radius 2 is 2.30 bits per heavy atom. The summed E-state index contributed by atoms with van der Waals surface area (Å²) >= 11 is 0. The minimum Gasteiger partial charge on any atom is -0.314 e. The topological polar surface area (TPSA) is 29.1 Å². The molecule has 1 saturated heterocycles. The van der Waals surface area contributed by atoms with Crippen molar-refractivity contribution in [1.29, 1.82) is 0 Å². The molecule has 2 nitrogen and oxygen atoms in total. The van der Waals surface area contributed by atoms with Gasteiger partial charge >= 0.3 is 0 Å². The fourth-order valence-electron chi connectivity index (χ4n) is 1.60. The van der Waals surface area contributed by atoms with Gasteiger partial charge in [-0.3, -0.25) is 4.79 Å². The first-order valence-corrected chi connectivity index (χ1v) is 3.95. The van der Waals surface area contributed by atoms with Crippen molar-refractivity contribution < 1.29 is 4.79 Å². The largest absolute Gasteiger partial charge is 0.314 e. The van der Waals surface area contributed by atoms with Crippen molar-refractivity contribution in [2.24, 2.45) is 5.92 Å². The van der Waals surface area contributed by atoms with E-state index in [1.54, 1.807) is 6.92 Å². The summed E-state index contributed by atoms with van der Waals surface area (Å²) in [7, 11) is 0. The van der Waals surface area contributed by atoms with Crippen LogP contribution in [0, 0.1) is 5.92 Å². The van der Waals surface area contributed by atoms with Crippen LogP contribution in [0.25, 0.3) is 0 Å². The van der Waals surface area contributed by atoms with Crippen LogP contribution >= 0.6 is 0 Å². The fraction of sp³-hybridized carbons (Fsp3) is 0.875. The van der Waals surface area contributed by atoms with Gasteiger partial charge in [0.25, 0.3) is 0 Å². The summed E-state index contributed by atoms with van der Waals surface area (Å²) in [4.78, 5) is 11.0. The van der Waals surface area contributed by atoms with Gasteiger partial charge in [0.1, 0.15) is 5.78 Å². The summed E-state index contributed by atoms with van der Waals surface area (Å²) in [6.07, 6.45) is 2.22. The van der Waals surface area contributed by atoms with Gasteiger partial charge in [-0.05, 0) is 33.2 Å². The third-order valence-electron chi connectivity index (χ3n) is 2.28. The molecule has 0 radical (unpaired) electrons. The molecule has 0 aromatic carbocycles. The summed E-state index contributed by atoms with van der Waals surface area (Å²) in [6.45, 7) is 4.85. The number of hydrogen-bond acceptors (Lipinski definition) is 2. The SMILES string of the molecule is CC(=O)[C@@H]1CCCN[C@@H]1C. The highest BCUT2D eigenvalue weighted by Gasteiger charge is 2.23. The van der Waals surface area contributed by atoms with Crippen LogP contribution in [0.4, 0.5) is 0 Å². The molecular weight excluding hydrogens is 126 g/mol. The van der Waals surface area contributed by atoms with Gasteiger partial charge in [-0.15, -0.1) is 0 Å². The van der Waals surface area contributed by atoms with Crippen molar-refractivity contribution in [2.75, 3.05) is 6.54 Å². The van der Waals surface area contributed by atoms with Crippen molar-refractivity contribution in [3.05, 3.63) is 0 Å². The Balaban J connectivity index is 2.47. The highest BCUT2D eigenvalue weighted by molar-refractivity contribution is 5.79. The van der Waals surface area contributed by atoms with Crippen molar-refractivity contribution in [2.45, 2.75) is 32.7 Å². The van der Waals surface area contributed by atoms with Gasteiger partial charge in [-0.25, -0.2) is 0 Å². The molecule has 0 unspecified atom stereocenters. The molecule has 1 rings (SSSR count). The lowest BCUT2D eigenvalue weighted by molar-refractivity contribution is -0.122. The Bertz CT molecular complexity index is 133. The van der Waals surface area contributed by atoms with Crippen LogP contribution in [0.3, 0.4) is 0 Å². The van der Waals surface area contributed by atoms with Gasteiger partial charge in [-0.1, -0.05) is 0 Å². The first-order valence-electron chi connectivity index (χ1n) is 3.95. The van der Waals surface area contributed by atoms with Gasteiger partial charge in [0.05, 0.1) is 0 Å². The Morgan fingerprint density at radius 1 is 1.60 bits per heavy atom. The number of ketones is 1. The molecular formula is C8H15NO. The maximum Gasteiger partial charge on any atom is 0.134 e. The quantitative estimate of drug-likeness (QED) is 0.589. The Hall–Kier alpha value is -0.370. The minimum absolute atomic E-state index is 0.272. The molecule has 1 fully saturated rings. The minimum atomic E-state index is 0.272. The van der Waals surface area contributed by atoms with Gasteiger partial charge in [0, 0.05) is 12.0 Å². The third kappa shape index (κ3) is 1.57. The van der Waals surface area contributed by atoms with Gasteiger partial charge in [-0.2, -0.15) is 0 Å².